The Labute approximate surface area is 210 Å². The predicted molar refractivity (Wildman–Crippen MR) is 139 cm³/mol. The fourth-order valence-corrected chi connectivity index (χ4v) is 3.44. The molecule has 0 spiro atoms. The second-order valence-electron chi connectivity index (χ2n) is 6.95. The molecule has 10 heteroatoms. The molecule has 1 saturated heterocycles. The van der Waals surface area contributed by atoms with Crippen LogP contribution in [0.5, 0.6) is 0 Å². The molecule has 33 heavy (non-hydrogen) atoms. The predicted octanol–water partition coefficient (Wildman–Crippen LogP) is 5.26. The molecule has 1 fully saturated rings. The Balaban J connectivity index is 0.00000149. The molecule has 0 aliphatic carbocycles. The molecule has 0 saturated carbocycles. The number of hydrogen-bond acceptors (Lipinski definition) is 6. The smallest absolute Gasteiger partial charge is 0.411 e. The average Bonchev–Trinajstić information content (AvgIpc) is 3.31. The maximum Gasteiger partial charge on any atom is 0.411 e. The van der Waals surface area contributed by atoms with Gasteiger partial charge in [0.25, 0.3) is 5.91 Å². The summed E-state index contributed by atoms with van der Waals surface area (Å²) >= 11 is 7.97. The number of rotatable bonds is 5. The van der Waals surface area contributed by atoms with Gasteiger partial charge in [-0.3, -0.25) is 15.1 Å². The molecule has 8 nitrogen and oxygen atoms in total. The van der Waals surface area contributed by atoms with Gasteiger partial charge in [0.15, 0.2) is 0 Å². The number of anilines is 3. The van der Waals surface area contributed by atoms with Gasteiger partial charge >= 0.3 is 6.09 Å². The number of carbonyl (C=O) groups is 2. The van der Waals surface area contributed by atoms with Crippen molar-refractivity contribution in [3.8, 4) is 0 Å². The summed E-state index contributed by atoms with van der Waals surface area (Å²) in [5.41, 5.74) is 1.68. The Bertz CT molecular complexity index is 1070. The second kappa shape index (κ2) is 12.4. The molecule has 1 aliphatic heterocycles. The third-order valence-electron chi connectivity index (χ3n) is 4.82. The van der Waals surface area contributed by atoms with E-state index in [4.69, 9.17) is 16.3 Å². The Morgan fingerprint density at radius 2 is 1.85 bits per heavy atom. The van der Waals surface area contributed by atoms with Crippen molar-refractivity contribution in [2.24, 2.45) is 0 Å². The zero-order chi connectivity index (χ0) is 23.6. The number of para-hydroxylation sites is 1. The maximum atomic E-state index is 12.7. The van der Waals surface area contributed by atoms with Crippen molar-refractivity contribution in [2.45, 2.75) is 12.5 Å². The molecule has 2 amide bonds. The summed E-state index contributed by atoms with van der Waals surface area (Å²) in [6.07, 6.45) is 4.78. The number of alkyl halides is 1. The zero-order valence-corrected chi connectivity index (χ0v) is 20.8. The van der Waals surface area contributed by atoms with Gasteiger partial charge in [-0.15, -0.1) is 0 Å². The first-order valence-electron chi connectivity index (χ1n) is 10.1. The highest BCUT2D eigenvalue weighted by molar-refractivity contribution is 14.1. The van der Waals surface area contributed by atoms with E-state index in [1.54, 1.807) is 48.8 Å². The van der Waals surface area contributed by atoms with Crippen molar-refractivity contribution >= 4 is 63.4 Å². The first kappa shape index (κ1) is 24.7. The molecule has 0 radical (unpaired) electrons. The number of carbonyl (C=O) groups excluding carboxylic acids is 2. The summed E-state index contributed by atoms with van der Waals surface area (Å²) in [6.45, 7) is 1.39. The number of aromatic nitrogens is 2. The monoisotopic (exact) mass is 579 g/mol. The van der Waals surface area contributed by atoms with E-state index >= 15 is 0 Å². The number of nitrogens with one attached hydrogen (secondary N) is 2. The van der Waals surface area contributed by atoms with E-state index in [0.717, 1.165) is 18.7 Å². The second-order valence-corrected chi connectivity index (χ2v) is 7.39. The van der Waals surface area contributed by atoms with Crippen molar-refractivity contribution in [3.05, 3.63) is 77.7 Å². The van der Waals surface area contributed by atoms with E-state index < -0.39 is 12.0 Å². The highest BCUT2D eigenvalue weighted by Crippen LogP contribution is 2.22. The summed E-state index contributed by atoms with van der Waals surface area (Å²) in [5, 5.41) is 5.83. The molecule has 3 heterocycles. The molecular formula is C23H23ClIN5O3. The summed E-state index contributed by atoms with van der Waals surface area (Å²) in [5.74, 6) is -0.0515. The maximum absolute atomic E-state index is 12.7. The van der Waals surface area contributed by atoms with Crippen LogP contribution in [0, 0.1) is 0 Å². The molecule has 172 valence electrons. The van der Waals surface area contributed by atoms with Crippen molar-refractivity contribution in [2.75, 3.05) is 33.6 Å². The summed E-state index contributed by atoms with van der Waals surface area (Å²) in [6, 6.07) is 13.8. The molecule has 0 unspecified atom stereocenters. The van der Waals surface area contributed by atoms with Gasteiger partial charge in [0.1, 0.15) is 11.9 Å². The lowest BCUT2D eigenvalue weighted by Gasteiger charge is -2.18. The number of ether oxygens (including phenoxy) is 1. The van der Waals surface area contributed by atoms with Gasteiger partial charge in [0.05, 0.1) is 22.8 Å². The van der Waals surface area contributed by atoms with E-state index in [9.17, 15) is 9.59 Å². The summed E-state index contributed by atoms with van der Waals surface area (Å²) < 4.78 is 5.57. The number of halogens is 2. The number of pyridine rings is 2. The third-order valence-corrected chi connectivity index (χ3v) is 5.05. The molecule has 3 aromatic rings. The Morgan fingerprint density at radius 1 is 1.09 bits per heavy atom. The van der Waals surface area contributed by atoms with E-state index in [1.807, 2.05) is 17.1 Å². The molecule has 2 aromatic heterocycles. The summed E-state index contributed by atoms with van der Waals surface area (Å²) in [4.78, 5) is 37.3. The highest BCUT2D eigenvalue weighted by Gasteiger charge is 2.26. The van der Waals surface area contributed by atoms with Gasteiger partial charge in [0.2, 0.25) is 0 Å². The normalized spacial score (nSPS) is 14.6. The van der Waals surface area contributed by atoms with Crippen molar-refractivity contribution in [1.29, 1.82) is 0 Å². The van der Waals surface area contributed by atoms with Gasteiger partial charge in [-0.2, -0.15) is 0 Å². The molecule has 1 atom stereocenters. The number of benzene rings is 1. The van der Waals surface area contributed by atoms with Crippen LogP contribution < -0.4 is 15.5 Å². The van der Waals surface area contributed by atoms with E-state index in [0.29, 0.717) is 28.6 Å². The van der Waals surface area contributed by atoms with Crippen molar-refractivity contribution < 1.29 is 14.3 Å². The third kappa shape index (κ3) is 7.03. The topological polar surface area (TPSA) is 96.5 Å². The molecule has 1 aliphatic rings. The summed E-state index contributed by atoms with van der Waals surface area (Å²) in [7, 11) is 0. The van der Waals surface area contributed by atoms with Gasteiger partial charge in [-0.1, -0.05) is 46.3 Å². The first-order chi connectivity index (χ1) is 16.1. The largest absolute Gasteiger partial charge is 0.444 e. The van der Waals surface area contributed by atoms with Crippen LogP contribution in [-0.2, 0) is 4.74 Å². The standard InChI is InChI=1S/C22H20ClN5O3.CH3I/c23-15-5-6-20(25-13-15)27-21(29)18-3-1-2-4-19(18)26-22(30)31-17-9-12-28(14-17)16-7-10-24-11-8-16;1-2/h1-8,10-11,13,17H,9,12,14H2,(H,26,30)(H,25,27,29);1H3/t17-;/m0./s1. The SMILES string of the molecule is CI.O=C(Nc1ccccc1C(=O)Nc1ccc(Cl)cn1)O[C@H]1CCN(c2ccncc2)C1. The first-order valence-corrected chi connectivity index (χ1v) is 12.6. The average molecular weight is 580 g/mol. The van der Waals surface area contributed by atoms with Gasteiger partial charge in [-0.25, -0.2) is 9.78 Å². The van der Waals surface area contributed by atoms with Crippen molar-refractivity contribution in [3.63, 3.8) is 0 Å². The van der Waals surface area contributed by atoms with Gasteiger partial charge in [0, 0.05) is 37.2 Å². The van der Waals surface area contributed by atoms with Gasteiger partial charge < -0.3 is 15.0 Å². The number of hydrogen-bond donors (Lipinski definition) is 2. The fourth-order valence-electron chi connectivity index (χ4n) is 3.33. The van der Waals surface area contributed by atoms with E-state index in [-0.39, 0.29) is 6.10 Å². The highest BCUT2D eigenvalue weighted by atomic mass is 127. The lowest BCUT2D eigenvalue weighted by atomic mass is 10.1. The van der Waals surface area contributed by atoms with Crippen LogP contribution in [-0.4, -0.2) is 46.1 Å². The van der Waals surface area contributed by atoms with Gasteiger partial charge in [-0.05, 0) is 41.3 Å². The number of nitrogens with zero attached hydrogens (tertiary/aromatic N) is 3. The van der Waals surface area contributed by atoms with E-state index in [1.165, 1.54) is 6.20 Å². The van der Waals surface area contributed by atoms with Crippen LogP contribution >= 0.6 is 34.2 Å². The minimum absolute atomic E-state index is 0.243. The molecule has 0 bridgehead atoms. The fraction of sp³-hybridized carbons (Fsp3) is 0.217. The Morgan fingerprint density at radius 3 is 2.58 bits per heavy atom. The molecule has 1 aromatic carbocycles. The van der Waals surface area contributed by atoms with Crippen LogP contribution in [0.25, 0.3) is 0 Å². The van der Waals surface area contributed by atoms with Crippen LogP contribution in [0.4, 0.5) is 22.0 Å². The minimum Gasteiger partial charge on any atom is -0.444 e. The minimum atomic E-state index is -0.605. The molecular weight excluding hydrogens is 557 g/mol. The zero-order valence-electron chi connectivity index (χ0n) is 17.9. The van der Waals surface area contributed by atoms with Crippen LogP contribution in [0.2, 0.25) is 5.02 Å². The lowest BCUT2D eigenvalue weighted by molar-refractivity contribution is 0.102. The number of amides is 2. The Hall–Kier alpha value is -2.92. The lowest BCUT2D eigenvalue weighted by Crippen LogP contribution is -2.27. The quantitative estimate of drug-likeness (QED) is 0.316. The van der Waals surface area contributed by atoms with Crippen molar-refractivity contribution in [1.82, 2.24) is 9.97 Å². The van der Waals surface area contributed by atoms with Crippen LogP contribution in [0.3, 0.4) is 0 Å². The van der Waals surface area contributed by atoms with Crippen LogP contribution in [0.1, 0.15) is 16.8 Å². The Kier molecular flexibility index (Phi) is 9.25. The molecule has 2 N–H and O–H groups in total. The molecule has 4 rings (SSSR count). The van der Waals surface area contributed by atoms with E-state index in [2.05, 4.69) is 48.1 Å². The van der Waals surface area contributed by atoms with Crippen LogP contribution in [0.15, 0.2) is 67.1 Å².